The Morgan fingerprint density at radius 1 is 0.617 bits per heavy atom. The summed E-state index contributed by atoms with van der Waals surface area (Å²) < 4.78 is 65.6. The summed E-state index contributed by atoms with van der Waals surface area (Å²) in [6.45, 7) is 1.58. The minimum Gasteiger partial charge on any atom is -0.339 e. The Morgan fingerprint density at radius 2 is 1.18 bits per heavy atom. The molecule has 0 aliphatic rings. The van der Waals surface area contributed by atoms with Gasteiger partial charge in [0.05, 0.1) is 20.9 Å². The fraction of sp³-hybridized carbons (Fsp3) is 0.0244. The van der Waals surface area contributed by atoms with Crippen molar-refractivity contribution in [1.29, 1.82) is 15.8 Å². The standard InChI is InChI=1S/C41H26N10O6S3/c1-24-33(22-43)38(45-29-12-16-31(17-13-29)59(52,53)54)47-39(46-30-14-18-32(19-15-30)60(55,56)57)37(24)49-50-40-34(23-44)36(27-11-10-25-6-2-3-7-26(25)20-27)41(58-40)51-48-35-9-5-4-8-28(35)21-42/h2-20H,1H3,(H2,45,46,47)(H,52,53,54)(H,55,56,57)/b50-49+,51-48+. The van der Waals surface area contributed by atoms with Gasteiger partial charge in [0.15, 0.2) is 16.6 Å². The van der Waals surface area contributed by atoms with E-state index in [9.17, 15) is 41.7 Å². The molecule has 0 aliphatic heterocycles. The highest BCUT2D eigenvalue weighted by Gasteiger charge is 2.23. The zero-order valence-electron chi connectivity index (χ0n) is 30.8. The lowest BCUT2D eigenvalue weighted by Gasteiger charge is -2.16. The van der Waals surface area contributed by atoms with Crippen molar-refractivity contribution in [2.75, 3.05) is 10.6 Å². The van der Waals surface area contributed by atoms with Crippen LogP contribution in [0.4, 0.5) is 44.4 Å². The van der Waals surface area contributed by atoms with Crippen LogP contribution in [0.3, 0.4) is 0 Å². The Balaban J connectivity index is 1.37. The van der Waals surface area contributed by atoms with Crippen molar-refractivity contribution in [3.63, 3.8) is 0 Å². The minimum atomic E-state index is -4.50. The smallest absolute Gasteiger partial charge is 0.294 e. The van der Waals surface area contributed by atoms with E-state index in [0.29, 0.717) is 38.8 Å². The third-order valence-electron chi connectivity index (χ3n) is 8.89. The van der Waals surface area contributed by atoms with Gasteiger partial charge in [0.25, 0.3) is 20.2 Å². The number of thiophene rings is 1. The molecule has 0 saturated heterocycles. The van der Waals surface area contributed by atoms with E-state index in [1.54, 1.807) is 31.2 Å². The quantitative estimate of drug-likeness (QED) is 0.0699. The van der Waals surface area contributed by atoms with E-state index in [2.05, 4.69) is 54.3 Å². The van der Waals surface area contributed by atoms with Crippen LogP contribution >= 0.6 is 11.3 Å². The molecular formula is C41H26N10O6S3. The lowest BCUT2D eigenvalue weighted by molar-refractivity contribution is 0.481. The molecule has 4 N–H and O–H groups in total. The van der Waals surface area contributed by atoms with E-state index in [1.807, 2.05) is 42.5 Å². The van der Waals surface area contributed by atoms with Crippen molar-refractivity contribution in [3.05, 3.63) is 138 Å². The van der Waals surface area contributed by atoms with Crippen molar-refractivity contribution >= 4 is 86.7 Å². The molecule has 2 heterocycles. The lowest BCUT2D eigenvalue weighted by Crippen LogP contribution is -2.05. The van der Waals surface area contributed by atoms with Crippen molar-refractivity contribution in [3.8, 4) is 29.3 Å². The number of nitrogens with one attached hydrogen (secondary N) is 2. The molecule has 0 bridgehead atoms. The molecule has 0 aliphatic carbocycles. The Kier molecular flexibility index (Phi) is 11.2. The minimum absolute atomic E-state index is 0.0124. The number of benzene rings is 5. The highest BCUT2D eigenvalue weighted by atomic mass is 32.2. The highest BCUT2D eigenvalue weighted by Crippen LogP contribution is 2.49. The van der Waals surface area contributed by atoms with Crippen LogP contribution in [0.15, 0.2) is 146 Å². The average molecular weight is 851 g/mol. The second kappa shape index (κ2) is 16.6. The molecule has 7 rings (SSSR count). The second-order valence-corrected chi connectivity index (χ2v) is 16.5. The Bertz CT molecular complexity index is 3260. The van der Waals surface area contributed by atoms with Gasteiger partial charge < -0.3 is 10.6 Å². The van der Waals surface area contributed by atoms with Crippen LogP contribution < -0.4 is 10.6 Å². The fourth-order valence-electron chi connectivity index (χ4n) is 5.94. The zero-order chi connectivity index (χ0) is 42.6. The van der Waals surface area contributed by atoms with E-state index in [-0.39, 0.29) is 48.8 Å². The number of nitrogens with zero attached hydrogens (tertiary/aromatic N) is 8. The average Bonchev–Trinajstić information content (AvgIpc) is 3.59. The summed E-state index contributed by atoms with van der Waals surface area (Å²) in [5.41, 5.74) is 2.73. The van der Waals surface area contributed by atoms with Gasteiger partial charge in [0.1, 0.15) is 40.1 Å². The molecule has 0 unspecified atom stereocenters. The predicted octanol–water partition coefficient (Wildman–Crippen LogP) is 10.7. The first-order valence-electron chi connectivity index (χ1n) is 17.3. The van der Waals surface area contributed by atoms with Gasteiger partial charge in [-0.15, -0.1) is 20.5 Å². The predicted molar refractivity (Wildman–Crippen MR) is 224 cm³/mol. The molecule has 7 aromatic rings. The van der Waals surface area contributed by atoms with Gasteiger partial charge >= 0.3 is 0 Å². The molecule has 16 nitrogen and oxygen atoms in total. The number of hydrogen-bond acceptors (Lipinski definition) is 15. The van der Waals surface area contributed by atoms with Crippen LogP contribution in [0.5, 0.6) is 0 Å². The van der Waals surface area contributed by atoms with Gasteiger partial charge in [-0.3, -0.25) is 9.11 Å². The molecule has 0 saturated carbocycles. The summed E-state index contributed by atoms with van der Waals surface area (Å²) in [6.07, 6.45) is 0. The third kappa shape index (κ3) is 8.59. The summed E-state index contributed by atoms with van der Waals surface area (Å²) in [5, 5.41) is 56.8. The maximum absolute atomic E-state index is 11.7. The van der Waals surface area contributed by atoms with Gasteiger partial charge in [-0.25, -0.2) is 4.98 Å². The van der Waals surface area contributed by atoms with Crippen molar-refractivity contribution in [1.82, 2.24) is 4.98 Å². The van der Waals surface area contributed by atoms with Gasteiger partial charge in [-0.2, -0.15) is 32.6 Å². The van der Waals surface area contributed by atoms with Crippen LogP contribution in [-0.2, 0) is 20.2 Å². The fourth-order valence-corrected chi connectivity index (χ4v) is 7.82. The Labute approximate surface area is 346 Å². The summed E-state index contributed by atoms with van der Waals surface area (Å²) >= 11 is 1.01. The number of pyridine rings is 1. The summed E-state index contributed by atoms with van der Waals surface area (Å²) in [6, 6.07) is 36.5. The largest absolute Gasteiger partial charge is 0.339 e. The second-order valence-electron chi connectivity index (χ2n) is 12.7. The first-order chi connectivity index (χ1) is 28.8. The Hall–Kier alpha value is -7.70. The maximum atomic E-state index is 11.7. The number of aromatic nitrogens is 1. The van der Waals surface area contributed by atoms with Crippen LogP contribution in [0.25, 0.3) is 21.9 Å². The monoisotopic (exact) mass is 850 g/mol. The van der Waals surface area contributed by atoms with E-state index in [0.717, 1.165) is 46.4 Å². The maximum Gasteiger partial charge on any atom is 0.294 e. The van der Waals surface area contributed by atoms with E-state index in [4.69, 9.17) is 0 Å². The first-order valence-corrected chi connectivity index (χ1v) is 21.0. The van der Waals surface area contributed by atoms with Crippen LogP contribution in [-0.4, -0.2) is 30.9 Å². The molecular weight excluding hydrogens is 825 g/mol. The summed E-state index contributed by atoms with van der Waals surface area (Å²) in [4.78, 5) is 3.90. The van der Waals surface area contributed by atoms with E-state index >= 15 is 0 Å². The summed E-state index contributed by atoms with van der Waals surface area (Å²) in [7, 11) is -8.98. The van der Waals surface area contributed by atoms with Gasteiger partial charge in [-0.1, -0.05) is 59.9 Å². The van der Waals surface area contributed by atoms with Crippen molar-refractivity contribution < 1.29 is 25.9 Å². The van der Waals surface area contributed by atoms with Crippen LogP contribution in [0, 0.1) is 40.9 Å². The van der Waals surface area contributed by atoms with E-state index in [1.165, 1.54) is 24.3 Å². The molecule has 0 fully saturated rings. The van der Waals surface area contributed by atoms with Gasteiger partial charge in [0.2, 0.25) is 0 Å². The first kappa shape index (κ1) is 40.5. The lowest BCUT2D eigenvalue weighted by atomic mass is 10.00. The molecule has 60 heavy (non-hydrogen) atoms. The molecule has 0 radical (unpaired) electrons. The topological polar surface area (TPSA) is 266 Å². The number of rotatable bonds is 11. The molecule has 19 heteroatoms. The van der Waals surface area contributed by atoms with E-state index < -0.39 is 20.2 Å². The van der Waals surface area contributed by atoms with Crippen molar-refractivity contribution in [2.24, 2.45) is 20.5 Å². The molecule has 0 atom stereocenters. The number of anilines is 4. The molecule has 5 aromatic carbocycles. The van der Waals surface area contributed by atoms with Gasteiger partial charge in [-0.05, 0) is 90.0 Å². The third-order valence-corrected chi connectivity index (χ3v) is 11.6. The van der Waals surface area contributed by atoms with Gasteiger partial charge in [0, 0.05) is 22.5 Å². The van der Waals surface area contributed by atoms with Crippen LogP contribution in [0.2, 0.25) is 0 Å². The van der Waals surface area contributed by atoms with Crippen LogP contribution in [0.1, 0.15) is 22.3 Å². The van der Waals surface area contributed by atoms with Crippen molar-refractivity contribution in [2.45, 2.75) is 16.7 Å². The molecule has 294 valence electrons. The SMILES string of the molecule is Cc1c(C#N)c(Nc2ccc(S(=O)(=O)O)cc2)nc(Nc2ccc(S(=O)(=O)O)cc2)c1/N=N/c1sc(/N=N/c2ccccc2C#N)c(-c2ccc3ccccc3c2)c1C#N. The molecule has 0 amide bonds. The normalized spacial score (nSPS) is 11.7. The summed E-state index contributed by atoms with van der Waals surface area (Å²) in [5.74, 6) is 0.0307. The Morgan fingerprint density at radius 3 is 1.78 bits per heavy atom. The highest BCUT2D eigenvalue weighted by molar-refractivity contribution is 7.86. The zero-order valence-corrected chi connectivity index (χ0v) is 33.2. The number of nitriles is 3. The number of hydrogen-bond donors (Lipinski definition) is 4. The number of azo groups is 2. The molecule has 0 spiro atoms. The number of fused-ring (bicyclic) bond motifs is 1. The molecule has 2 aromatic heterocycles.